The van der Waals surface area contributed by atoms with E-state index in [9.17, 15) is 4.79 Å². The van der Waals surface area contributed by atoms with Gasteiger partial charge < -0.3 is 9.47 Å². The van der Waals surface area contributed by atoms with E-state index in [0.29, 0.717) is 18.9 Å². The first-order chi connectivity index (χ1) is 18.0. The molecule has 0 saturated heterocycles. The lowest BCUT2D eigenvalue weighted by molar-refractivity contribution is -0.156. The number of esters is 1. The molecule has 0 aliphatic rings. The second-order valence-corrected chi connectivity index (χ2v) is 12.2. The van der Waals surface area contributed by atoms with Crippen molar-refractivity contribution in [2.45, 2.75) is 77.6 Å². The molecule has 204 valence electrons. The van der Waals surface area contributed by atoms with Crippen molar-refractivity contribution in [1.29, 1.82) is 0 Å². The standard InChI is InChI=1S/C35H46O3/c1-8-27(28-19-21-29(22-20-28)33(2,3)4)25-35(30-15-11-9-12-16-30,31-17-13-10-14-18-31)26-34(5,6)32(36)38-24-23-37-7/h9-22,27H,8,23-26H2,1-7H3. The second kappa shape index (κ2) is 12.8. The third-order valence-electron chi connectivity index (χ3n) is 7.81. The zero-order chi connectivity index (χ0) is 27.8. The Labute approximate surface area is 230 Å². The molecule has 0 bridgehead atoms. The Morgan fingerprint density at radius 3 is 1.71 bits per heavy atom. The summed E-state index contributed by atoms with van der Waals surface area (Å²) in [5.74, 6) is 0.137. The fraction of sp³-hybridized carbons (Fsp3) is 0.457. The molecule has 3 heteroatoms. The van der Waals surface area contributed by atoms with Crippen molar-refractivity contribution in [1.82, 2.24) is 0 Å². The molecule has 0 fully saturated rings. The van der Waals surface area contributed by atoms with Crippen molar-refractivity contribution < 1.29 is 14.3 Å². The summed E-state index contributed by atoms with van der Waals surface area (Å²) >= 11 is 0. The molecule has 0 heterocycles. The highest BCUT2D eigenvalue weighted by atomic mass is 16.6. The molecular formula is C35H46O3. The number of benzene rings is 3. The smallest absolute Gasteiger partial charge is 0.311 e. The van der Waals surface area contributed by atoms with Crippen LogP contribution in [-0.2, 0) is 25.1 Å². The number of methoxy groups -OCH3 is 1. The van der Waals surface area contributed by atoms with Crippen LogP contribution in [0.2, 0.25) is 0 Å². The van der Waals surface area contributed by atoms with Crippen LogP contribution in [0.1, 0.15) is 89.0 Å². The SMILES string of the molecule is CCC(CC(CC(C)(C)C(=O)OCCOC)(c1ccccc1)c1ccccc1)c1ccc(C(C)(C)C)cc1. The predicted molar refractivity (Wildman–Crippen MR) is 158 cm³/mol. The van der Waals surface area contributed by atoms with Crippen LogP contribution >= 0.6 is 0 Å². The summed E-state index contributed by atoms with van der Waals surface area (Å²) in [5, 5.41) is 0. The molecule has 1 unspecified atom stereocenters. The molecule has 0 N–H and O–H groups in total. The largest absolute Gasteiger partial charge is 0.463 e. The van der Waals surface area contributed by atoms with E-state index in [1.54, 1.807) is 7.11 Å². The maximum atomic E-state index is 13.4. The number of hydrogen-bond acceptors (Lipinski definition) is 3. The zero-order valence-corrected chi connectivity index (χ0v) is 24.4. The van der Waals surface area contributed by atoms with Crippen LogP contribution < -0.4 is 0 Å². The van der Waals surface area contributed by atoms with Gasteiger partial charge in [-0.2, -0.15) is 0 Å². The molecule has 0 saturated carbocycles. The molecule has 3 aromatic rings. The molecular weight excluding hydrogens is 468 g/mol. The van der Waals surface area contributed by atoms with E-state index in [4.69, 9.17) is 9.47 Å². The fourth-order valence-corrected chi connectivity index (χ4v) is 5.61. The van der Waals surface area contributed by atoms with Gasteiger partial charge >= 0.3 is 5.97 Å². The summed E-state index contributed by atoms with van der Waals surface area (Å²) in [5.41, 5.74) is 4.18. The molecule has 0 aromatic heterocycles. The number of carbonyl (C=O) groups is 1. The van der Waals surface area contributed by atoms with E-state index in [0.717, 1.165) is 12.8 Å². The Hall–Kier alpha value is -2.91. The van der Waals surface area contributed by atoms with Crippen LogP contribution in [0.5, 0.6) is 0 Å². The summed E-state index contributed by atoms with van der Waals surface area (Å²) in [6.07, 6.45) is 2.53. The van der Waals surface area contributed by atoms with Gasteiger partial charge in [0, 0.05) is 12.5 Å². The average molecular weight is 515 g/mol. The maximum absolute atomic E-state index is 13.4. The third kappa shape index (κ3) is 7.14. The molecule has 0 amide bonds. The van der Waals surface area contributed by atoms with Crippen LogP contribution in [0, 0.1) is 5.41 Å². The van der Waals surface area contributed by atoms with E-state index in [1.165, 1.54) is 22.3 Å². The van der Waals surface area contributed by atoms with Gasteiger partial charge in [0.05, 0.1) is 12.0 Å². The van der Waals surface area contributed by atoms with E-state index >= 15 is 0 Å². The Kier molecular flexibility index (Phi) is 9.95. The minimum absolute atomic E-state index is 0.116. The quantitative estimate of drug-likeness (QED) is 0.180. The van der Waals surface area contributed by atoms with Gasteiger partial charge in [-0.25, -0.2) is 0 Å². The van der Waals surface area contributed by atoms with Crippen LogP contribution in [0.3, 0.4) is 0 Å². The summed E-state index contributed by atoms with van der Waals surface area (Å²) in [7, 11) is 1.62. The first-order valence-electron chi connectivity index (χ1n) is 13.9. The molecule has 38 heavy (non-hydrogen) atoms. The van der Waals surface area contributed by atoms with Gasteiger partial charge in [-0.3, -0.25) is 4.79 Å². The third-order valence-corrected chi connectivity index (χ3v) is 7.81. The highest BCUT2D eigenvalue weighted by Crippen LogP contribution is 2.49. The van der Waals surface area contributed by atoms with Crippen molar-refractivity contribution in [2.24, 2.45) is 5.41 Å². The van der Waals surface area contributed by atoms with Crippen molar-refractivity contribution >= 4 is 5.97 Å². The Balaban J connectivity index is 2.11. The van der Waals surface area contributed by atoms with Gasteiger partial charge in [0.1, 0.15) is 6.61 Å². The number of rotatable bonds is 12. The molecule has 3 aromatic carbocycles. The summed E-state index contributed by atoms with van der Waals surface area (Å²) in [6, 6.07) is 30.6. The van der Waals surface area contributed by atoms with Crippen molar-refractivity contribution in [2.75, 3.05) is 20.3 Å². The van der Waals surface area contributed by atoms with Crippen molar-refractivity contribution in [3.8, 4) is 0 Å². The second-order valence-electron chi connectivity index (χ2n) is 12.2. The van der Waals surface area contributed by atoms with Gasteiger partial charge in [0.2, 0.25) is 0 Å². The first-order valence-corrected chi connectivity index (χ1v) is 13.9. The van der Waals surface area contributed by atoms with Gasteiger partial charge in [0.15, 0.2) is 0 Å². The first kappa shape index (κ1) is 29.6. The zero-order valence-electron chi connectivity index (χ0n) is 24.4. The summed E-state index contributed by atoms with van der Waals surface area (Å²) < 4.78 is 10.8. The van der Waals surface area contributed by atoms with Crippen LogP contribution in [0.15, 0.2) is 84.9 Å². The van der Waals surface area contributed by atoms with E-state index < -0.39 is 5.41 Å². The number of carbonyl (C=O) groups excluding carboxylic acids is 1. The lowest BCUT2D eigenvalue weighted by Gasteiger charge is -2.42. The Morgan fingerprint density at radius 1 is 0.737 bits per heavy atom. The van der Waals surface area contributed by atoms with Crippen molar-refractivity contribution in [3.05, 3.63) is 107 Å². The minimum atomic E-state index is -0.701. The molecule has 3 nitrogen and oxygen atoms in total. The Bertz CT molecular complexity index is 1090. The van der Waals surface area contributed by atoms with E-state index in [-0.39, 0.29) is 23.4 Å². The molecule has 1 atom stereocenters. The Morgan fingerprint density at radius 2 is 1.26 bits per heavy atom. The highest BCUT2D eigenvalue weighted by Gasteiger charge is 2.44. The summed E-state index contributed by atoms with van der Waals surface area (Å²) in [4.78, 5) is 13.4. The average Bonchev–Trinajstić information content (AvgIpc) is 2.91. The lowest BCUT2D eigenvalue weighted by atomic mass is 9.61. The fourth-order valence-electron chi connectivity index (χ4n) is 5.61. The maximum Gasteiger partial charge on any atom is 0.311 e. The van der Waals surface area contributed by atoms with Crippen molar-refractivity contribution in [3.63, 3.8) is 0 Å². The molecule has 0 aliphatic carbocycles. The molecule has 0 radical (unpaired) electrons. The molecule has 3 rings (SSSR count). The van der Waals surface area contributed by atoms with Crippen LogP contribution in [0.4, 0.5) is 0 Å². The minimum Gasteiger partial charge on any atom is -0.463 e. The molecule has 0 aliphatic heterocycles. The number of hydrogen-bond donors (Lipinski definition) is 0. The normalized spacial score (nSPS) is 13.2. The van der Waals surface area contributed by atoms with Gasteiger partial charge in [-0.1, -0.05) is 113 Å². The lowest BCUT2D eigenvalue weighted by Crippen LogP contribution is -2.40. The highest BCUT2D eigenvalue weighted by molar-refractivity contribution is 5.76. The van der Waals surface area contributed by atoms with E-state index in [1.807, 2.05) is 13.8 Å². The molecule has 0 spiro atoms. The summed E-state index contributed by atoms with van der Waals surface area (Å²) in [6.45, 7) is 13.7. The number of ether oxygens (including phenoxy) is 2. The van der Waals surface area contributed by atoms with Crippen LogP contribution in [-0.4, -0.2) is 26.3 Å². The topological polar surface area (TPSA) is 35.5 Å². The van der Waals surface area contributed by atoms with Gasteiger partial charge in [-0.15, -0.1) is 0 Å². The van der Waals surface area contributed by atoms with Crippen LogP contribution in [0.25, 0.3) is 0 Å². The predicted octanol–water partition coefficient (Wildman–Crippen LogP) is 8.46. The van der Waals surface area contributed by atoms with Gasteiger partial charge in [0.25, 0.3) is 0 Å². The monoisotopic (exact) mass is 514 g/mol. The van der Waals surface area contributed by atoms with Gasteiger partial charge in [-0.05, 0) is 66.7 Å². The van der Waals surface area contributed by atoms with E-state index in [2.05, 4.69) is 113 Å².